The number of nitrogens with one attached hydrogen (secondary N) is 2. The van der Waals surface area contributed by atoms with Gasteiger partial charge in [-0.3, -0.25) is 10.2 Å². The van der Waals surface area contributed by atoms with Gasteiger partial charge in [0.25, 0.3) is 5.91 Å². The number of benzene rings is 4. The van der Waals surface area contributed by atoms with E-state index in [2.05, 4.69) is 23.0 Å². The Balaban J connectivity index is 1.46. The molecule has 2 N–H and O–H groups in total. The van der Waals surface area contributed by atoms with Gasteiger partial charge in [0.05, 0.1) is 11.4 Å². The van der Waals surface area contributed by atoms with Crippen LogP contribution in [0.3, 0.4) is 0 Å². The van der Waals surface area contributed by atoms with Crippen LogP contribution >= 0.6 is 11.8 Å². The molecule has 1 aliphatic rings. The summed E-state index contributed by atoms with van der Waals surface area (Å²) in [4.78, 5) is 19.9. The molecule has 6 heteroatoms. The first-order chi connectivity index (χ1) is 16.2. The number of amides is 1. The van der Waals surface area contributed by atoms with Crippen LogP contribution < -0.4 is 16.3 Å². The van der Waals surface area contributed by atoms with E-state index in [1.807, 2.05) is 84.9 Å². The molecule has 0 unspecified atom stereocenters. The summed E-state index contributed by atoms with van der Waals surface area (Å²) in [7, 11) is 6.05. The lowest BCUT2D eigenvalue weighted by molar-refractivity contribution is 0.0932. The second-order valence-electron chi connectivity index (χ2n) is 7.66. The fourth-order valence-electron chi connectivity index (χ4n) is 3.68. The molecule has 0 fully saturated rings. The number of rotatable bonds is 5. The first kappa shape index (κ1) is 21.3. The Morgan fingerprint density at radius 1 is 0.848 bits per heavy atom. The quantitative estimate of drug-likeness (QED) is 0.308. The maximum atomic E-state index is 12.8. The molecule has 1 aliphatic heterocycles. The lowest BCUT2D eigenvalue weighted by atomic mass is 9.91. The predicted molar refractivity (Wildman–Crippen MR) is 135 cm³/mol. The zero-order chi connectivity index (χ0) is 22.6. The van der Waals surface area contributed by atoms with Crippen molar-refractivity contribution in [1.29, 1.82) is 0 Å². The van der Waals surface area contributed by atoms with Crippen LogP contribution in [0, 0.1) is 0 Å². The van der Waals surface area contributed by atoms with Gasteiger partial charge in [0.1, 0.15) is 7.85 Å². The fraction of sp³-hybridized carbons (Fsp3) is 0.0370. The van der Waals surface area contributed by atoms with Crippen LogP contribution in [0.2, 0.25) is 0 Å². The Labute approximate surface area is 198 Å². The molecule has 1 heterocycles. The van der Waals surface area contributed by atoms with E-state index in [9.17, 15) is 4.79 Å². The monoisotopic (exact) mass is 445 g/mol. The summed E-state index contributed by atoms with van der Waals surface area (Å²) in [5.41, 5.74) is 11.7. The highest BCUT2D eigenvalue weighted by molar-refractivity contribution is 7.99. The van der Waals surface area contributed by atoms with Crippen molar-refractivity contribution in [2.45, 2.75) is 16.3 Å². The molecule has 0 saturated heterocycles. The lowest BCUT2D eigenvalue weighted by Crippen LogP contribution is -2.36. The molecule has 33 heavy (non-hydrogen) atoms. The normalized spacial score (nSPS) is 12.2. The van der Waals surface area contributed by atoms with Gasteiger partial charge in [-0.05, 0) is 29.8 Å². The van der Waals surface area contributed by atoms with Gasteiger partial charge in [0.2, 0.25) is 0 Å². The van der Waals surface area contributed by atoms with Crippen molar-refractivity contribution in [2.24, 2.45) is 4.99 Å². The maximum absolute atomic E-state index is 12.8. The number of hydrogen-bond acceptors (Lipinski definition) is 4. The minimum absolute atomic E-state index is 0.207. The van der Waals surface area contributed by atoms with E-state index in [1.165, 1.54) is 0 Å². The van der Waals surface area contributed by atoms with E-state index >= 15 is 0 Å². The molecule has 158 valence electrons. The average molecular weight is 445 g/mol. The Morgan fingerprint density at radius 3 is 2.52 bits per heavy atom. The van der Waals surface area contributed by atoms with E-state index in [0.717, 1.165) is 37.9 Å². The number of nitrogens with zero attached hydrogens (tertiary/aromatic N) is 1. The molecule has 4 aromatic carbocycles. The molecular weight excluding hydrogens is 425 g/mol. The van der Waals surface area contributed by atoms with Crippen LogP contribution in [0.25, 0.3) is 0 Å². The summed E-state index contributed by atoms with van der Waals surface area (Å²) in [6.07, 6.45) is 0. The van der Waals surface area contributed by atoms with Crippen molar-refractivity contribution in [2.75, 3.05) is 0 Å². The van der Waals surface area contributed by atoms with Gasteiger partial charge < -0.3 is 0 Å². The smallest absolute Gasteiger partial charge is 0.265 e. The number of hydrogen-bond donors (Lipinski definition) is 2. The maximum Gasteiger partial charge on any atom is 0.265 e. The number of hydrazine groups is 1. The molecule has 0 atom stereocenters. The zero-order valence-electron chi connectivity index (χ0n) is 17.8. The Bertz CT molecular complexity index is 1350. The van der Waals surface area contributed by atoms with E-state index < -0.39 is 0 Å². The summed E-state index contributed by atoms with van der Waals surface area (Å²) in [5, 5.41) is 0. The van der Waals surface area contributed by atoms with Crippen LogP contribution in [0.5, 0.6) is 0 Å². The minimum Gasteiger partial charge on any atom is -0.287 e. The fourth-order valence-corrected chi connectivity index (χ4v) is 4.69. The first-order valence-electron chi connectivity index (χ1n) is 10.6. The van der Waals surface area contributed by atoms with E-state index in [4.69, 9.17) is 12.8 Å². The largest absolute Gasteiger partial charge is 0.287 e. The highest BCUT2D eigenvalue weighted by atomic mass is 32.2. The third-order valence-electron chi connectivity index (χ3n) is 5.31. The van der Waals surface area contributed by atoms with Crippen molar-refractivity contribution in [3.05, 3.63) is 119 Å². The highest BCUT2D eigenvalue weighted by Crippen LogP contribution is 2.41. The summed E-state index contributed by atoms with van der Waals surface area (Å²) < 4.78 is 0. The lowest BCUT2D eigenvalue weighted by Gasteiger charge is -2.10. The second-order valence-corrected chi connectivity index (χ2v) is 8.74. The van der Waals surface area contributed by atoms with Crippen LogP contribution in [0.15, 0.2) is 112 Å². The SMILES string of the molecule is [B]c1cccc(C2=Nc3cc(C(=O)NNCc4ccccc4)ccc3Sc3ccccc32)c1. The average Bonchev–Trinajstić information content (AvgIpc) is 3.01. The second kappa shape index (κ2) is 9.49. The number of aliphatic imine (C=N–C) groups is 1. The molecule has 5 rings (SSSR count). The molecule has 0 saturated carbocycles. The van der Waals surface area contributed by atoms with Crippen molar-refractivity contribution in [3.63, 3.8) is 0 Å². The molecule has 4 nitrogen and oxygen atoms in total. The zero-order valence-corrected chi connectivity index (χ0v) is 18.6. The van der Waals surface area contributed by atoms with Crippen LogP contribution in [-0.2, 0) is 6.54 Å². The van der Waals surface area contributed by atoms with Gasteiger partial charge in [-0.2, -0.15) is 0 Å². The van der Waals surface area contributed by atoms with Crippen LogP contribution in [-0.4, -0.2) is 19.5 Å². The van der Waals surface area contributed by atoms with Gasteiger partial charge in [0, 0.05) is 33.0 Å². The van der Waals surface area contributed by atoms with Gasteiger partial charge >= 0.3 is 0 Å². The highest BCUT2D eigenvalue weighted by Gasteiger charge is 2.20. The van der Waals surface area contributed by atoms with Gasteiger partial charge in [0.15, 0.2) is 0 Å². The molecule has 0 aliphatic carbocycles. The van der Waals surface area contributed by atoms with Gasteiger partial charge in [-0.25, -0.2) is 10.4 Å². The molecule has 0 aromatic heterocycles. The number of carbonyl (C=O) groups is 1. The van der Waals surface area contributed by atoms with E-state index in [1.54, 1.807) is 11.8 Å². The van der Waals surface area contributed by atoms with Gasteiger partial charge in [-0.1, -0.05) is 90.0 Å². The predicted octanol–water partition coefficient (Wildman–Crippen LogP) is 4.55. The molecule has 4 aromatic rings. The van der Waals surface area contributed by atoms with Crippen molar-refractivity contribution >= 4 is 42.4 Å². The van der Waals surface area contributed by atoms with Gasteiger partial charge in [-0.15, -0.1) is 0 Å². The van der Waals surface area contributed by atoms with E-state index in [-0.39, 0.29) is 5.91 Å². The number of carbonyl (C=O) groups excluding carboxylic acids is 1. The third-order valence-corrected chi connectivity index (χ3v) is 6.45. The molecule has 0 bridgehead atoms. The Hall–Kier alpha value is -3.61. The Morgan fingerprint density at radius 2 is 1.67 bits per heavy atom. The van der Waals surface area contributed by atoms with Crippen molar-refractivity contribution < 1.29 is 4.79 Å². The molecule has 0 spiro atoms. The van der Waals surface area contributed by atoms with E-state index in [0.29, 0.717) is 17.6 Å². The Kier molecular flexibility index (Phi) is 6.11. The summed E-state index contributed by atoms with van der Waals surface area (Å²) in [5.74, 6) is -0.207. The molecule has 1 amide bonds. The van der Waals surface area contributed by atoms with Crippen molar-refractivity contribution in [3.8, 4) is 0 Å². The molecule has 2 radical (unpaired) electrons. The van der Waals surface area contributed by atoms with Crippen LogP contribution in [0.4, 0.5) is 5.69 Å². The minimum atomic E-state index is -0.207. The molecular formula is C27H20BN3OS. The van der Waals surface area contributed by atoms with Crippen molar-refractivity contribution in [1.82, 2.24) is 10.9 Å². The summed E-state index contributed by atoms with van der Waals surface area (Å²) >= 11 is 1.65. The number of fused-ring (bicyclic) bond motifs is 2. The summed E-state index contributed by atoms with van der Waals surface area (Å²) in [6, 6.07) is 31.4. The third kappa shape index (κ3) is 4.77. The summed E-state index contributed by atoms with van der Waals surface area (Å²) in [6.45, 7) is 0.542. The first-order valence-corrected chi connectivity index (χ1v) is 11.4. The van der Waals surface area contributed by atoms with Crippen LogP contribution in [0.1, 0.15) is 27.0 Å². The standard InChI is InChI=1S/C27H20BN3OS/c28-21-10-6-9-19(15-21)26-22-11-4-5-12-24(22)33-25-14-13-20(16-23(25)30-26)27(32)31-29-17-18-7-2-1-3-8-18/h1-16,29H,17H2,(H,31,32). The topological polar surface area (TPSA) is 53.5 Å².